The van der Waals surface area contributed by atoms with Gasteiger partial charge in [0.15, 0.2) is 0 Å². The first-order valence-corrected chi connectivity index (χ1v) is 20.1. The maximum Gasteiger partial charge on any atom is 0.407 e. The predicted molar refractivity (Wildman–Crippen MR) is 225 cm³/mol. The monoisotopic (exact) mass is 843 g/mol. The molecule has 0 aromatic heterocycles. The number of carbonyl (C=O) groups is 7. The van der Waals surface area contributed by atoms with Crippen molar-refractivity contribution in [1.29, 1.82) is 0 Å². The zero-order chi connectivity index (χ0) is 44.9. The van der Waals surface area contributed by atoms with Gasteiger partial charge < -0.3 is 46.3 Å². The second kappa shape index (κ2) is 21.3. The van der Waals surface area contributed by atoms with Crippen molar-refractivity contribution in [3.05, 3.63) is 95.6 Å². The molecule has 0 bridgehead atoms. The second-order valence-corrected chi connectivity index (χ2v) is 16.8. The smallest absolute Gasteiger partial charge is 0.407 e. The highest BCUT2D eigenvalue weighted by Gasteiger charge is 2.34. The van der Waals surface area contributed by atoms with Crippen LogP contribution in [-0.2, 0) is 49.4 Å². The van der Waals surface area contributed by atoms with Crippen LogP contribution in [0.15, 0.2) is 78.9 Å². The number of aliphatic carboxylic acids is 1. The Morgan fingerprint density at radius 3 is 1.70 bits per heavy atom. The lowest BCUT2D eigenvalue weighted by Gasteiger charge is -2.28. The number of rotatable bonds is 20. The Morgan fingerprint density at radius 2 is 1.15 bits per heavy atom. The number of benzene rings is 3. The number of carboxylic acid groups (broad SMARTS) is 1. The van der Waals surface area contributed by atoms with Crippen molar-refractivity contribution >= 4 is 41.7 Å². The molecule has 1 aliphatic rings. The maximum atomic E-state index is 14.1. The molecule has 3 aromatic rings. The van der Waals surface area contributed by atoms with Gasteiger partial charge in [0, 0.05) is 25.2 Å². The summed E-state index contributed by atoms with van der Waals surface area (Å²) >= 11 is 0. The third-order valence-corrected chi connectivity index (χ3v) is 9.54. The van der Waals surface area contributed by atoms with E-state index in [0.717, 1.165) is 22.3 Å². The lowest BCUT2D eigenvalue weighted by Crippen LogP contribution is -2.59. The van der Waals surface area contributed by atoms with Crippen LogP contribution in [0.5, 0.6) is 0 Å². The van der Waals surface area contributed by atoms with Gasteiger partial charge in [0.05, 0.1) is 12.2 Å². The van der Waals surface area contributed by atoms with Crippen molar-refractivity contribution in [3.8, 4) is 11.1 Å². The van der Waals surface area contributed by atoms with Gasteiger partial charge in [-0.25, -0.2) is 9.59 Å². The SMILES string of the molecule is CC(C)(C)OC[C@@H](NC(=O)OCC1c2ccccc2-c2ccccc21)C(=O)N[C@@H](Cc1ccccc1)C(=O)N[C@@H](CCC(N)=O)C(=O)N[C@@H](CCC(=O)OC(C)(C)C)C(=O)O. The first-order chi connectivity index (χ1) is 28.7. The number of alkyl carbamates (subject to hydrolysis) is 1. The van der Waals surface area contributed by atoms with E-state index in [1.807, 2.05) is 48.5 Å². The molecule has 0 aliphatic heterocycles. The Bertz CT molecular complexity index is 2000. The van der Waals surface area contributed by atoms with Gasteiger partial charge >= 0.3 is 18.0 Å². The Morgan fingerprint density at radius 1 is 0.639 bits per heavy atom. The molecule has 5 amide bonds. The highest BCUT2D eigenvalue weighted by molar-refractivity contribution is 5.95. The predicted octanol–water partition coefficient (Wildman–Crippen LogP) is 3.88. The highest BCUT2D eigenvalue weighted by Crippen LogP contribution is 2.44. The number of carbonyl (C=O) groups excluding carboxylic acids is 6. The number of ether oxygens (including phenoxy) is 3. The molecular formula is C45H57N5O11. The molecule has 0 saturated carbocycles. The number of amides is 5. The molecule has 0 saturated heterocycles. The molecule has 1 aliphatic carbocycles. The second-order valence-electron chi connectivity index (χ2n) is 16.8. The number of esters is 1. The number of nitrogens with two attached hydrogens (primary N) is 1. The highest BCUT2D eigenvalue weighted by atomic mass is 16.6. The van der Waals surface area contributed by atoms with Crippen molar-refractivity contribution in [2.75, 3.05) is 13.2 Å². The molecule has 0 fully saturated rings. The summed E-state index contributed by atoms with van der Waals surface area (Å²) < 4.78 is 16.9. The summed E-state index contributed by atoms with van der Waals surface area (Å²) in [6.07, 6.45) is -2.31. The van der Waals surface area contributed by atoms with E-state index in [9.17, 15) is 38.7 Å². The molecule has 16 heteroatoms. The van der Waals surface area contributed by atoms with Crippen LogP contribution in [-0.4, -0.2) is 95.4 Å². The van der Waals surface area contributed by atoms with E-state index in [4.69, 9.17) is 19.9 Å². The first kappa shape index (κ1) is 47.4. The average Bonchev–Trinajstić information content (AvgIpc) is 3.50. The van der Waals surface area contributed by atoms with Crippen LogP contribution in [0.2, 0.25) is 0 Å². The lowest BCUT2D eigenvalue weighted by atomic mass is 9.98. The van der Waals surface area contributed by atoms with Crippen molar-refractivity contribution < 1.29 is 52.9 Å². The minimum Gasteiger partial charge on any atom is -0.480 e. The summed E-state index contributed by atoms with van der Waals surface area (Å²) in [7, 11) is 0. The summed E-state index contributed by atoms with van der Waals surface area (Å²) in [6.45, 7) is 9.94. The first-order valence-electron chi connectivity index (χ1n) is 20.1. The molecule has 61 heavy (non-hydrogen) atoms. The van der Waals surface area contributed by atoms with Gasteiger partial charge in [-0.15, -0.1) is 0 Å². The lowest BCUT2D eigenvalue weighted by molar-refractivity contribution is -0.155. The van der Waals surface area contributed by atoms with Gasteiger partial charge in [0.1, 0.15) is 36.4 Å². The van der Waals surface area contributed by atoms with E-state index in [0.29, 0.717) is 5.56 Å². The standard InChI is InChI=1S/C45H57N5O11/c1-44(2,3)60-26-36(50-43(58)59-25-32-30-18-12-10-16-28(30)29-17-11-13-19-31(29)32)41(55)49-35(24-27-14-8-7-9-15-27)40(54)47-33(20-22-37(46)51)39(53)48-34(42(56)57)21-23-38(52)61-45(4,5)6/h7-19,32-36H,20-26H2,1-6H3,(H2,46,51)(H,47,54)(H,48,53)(H,49,55)(H,50,58)(H,56,57)/t33-,34-,35-,36+/m0/s1. The molecule has 7 N–H and O–H groups in total. The normalized spacial score (nSPS) is 14.2. The summed E-state index contributed by atoms with van der Waals surface area (Å²) in [4.78, 5) is 91.3. The van der Waals surface area contributed by atoms with E-state index in [2.05, 4.69) is 21.3 Å². The molecule has 3 aromatic carbocycles. The molecule has 0 heterocycles. The molecule has 0 radical (unpaired) electrons. The third kappa shape index (κ3) is 15.0. The number of fused-ring (bicyclic) bond motifs is 3. The van der Waals surface area contributed by atoms with Crippen LogP contribution in [0.25, 0.3) is 11.1 Å². The minimum atomic E-state index is -1.56. The van der Waals surface area contributed by atoms with E-state index in [-0.39, 0.29) is 51.2 Å². The van der Waals surface area contributed by atoms with Crippen LogP contribution in [0.4, 0.5) is 4.79 Å². The van der Waals surface area contributed by atoms with Gasteiger partial charge in [-0.2, -0.15) is 0 Å². The van der Waals surface area contributed by atoms with Crippen LogP contribution in [0.1, 0.15) is 89.8 Å². The van der Waals surface area contributed by atoms with Crippen molar-refractivity contribution in [1.82, 2.24) is 21.3 Å². The number of nitrogens with one attached hydrogen (secondary N) is 4. The Kier molecular flexibility index (Phi) is 16.5. The fraction of sp³-hybridized carbons (Fsp3) is 0.444. The quantitative estimate of drug-likeness (QED) is 0.0892. The van der Waals surface area contributed by atoms with Gasteiger partial charge in [0.25, 0.3) is 0 Å². The minimum absolute atomic E-state index is 0.0220. The van der Waals surface area contributed by atoms with Crippen LogP contribution in [0.3, 0.4) is 0 Å². The molecule has 0 unspecified atom stereocenters. The maximum absolute atomic E-state index is 14.1. The molecule has 16 nitrogen and oxygen atoms in total. The molecular weight excluding hydrogens is 787 g/mol. The van der Waals surface area contributed by atoms with Crippen molar-refractivity contribution in [3.63, 3.8) is 0 Å². The van der Waals surface area contributed by atoms with Gasteiger partial charge in [0.2, 0.25) is 23.6 Å². The van der Waals surface area contributed by atoms with Crippen molar-refractivity contribution in [2.24, 2.45) is 5.73 Å². The third-order valence-electron chi connectivity index (χ3n) is 9.54. The molecule has 0 spiro atoms. The van der Waals surface area contributed by atoms with Gasteiger partial charge in [-0.1, -0.05) is 78.9 Å². The van der Waals surface area contributed by atoms with Crippen LogP contribution >= 0.6 is 0 Å². The number of hydrogen-bond acceptors (Lipinski definition) is 10. The summed E-state index contributed by atoms with van der Waals surface area (Å²) in [5.74, 6) is -5.79. The summed E-state index contributed by atoms with van der Waals surface area (Å²) in [5, 5.41) is 20.0. The zero-order valence-corrected chi connectivity index (χ0v) is 35.4. The topological polar surface area (TPSA) is 242 Å². The van der Waals surface area contributed by atoms with Crippen LogP contribution in [0, 0.1) is 0 Å². The fourth-order valence-corrected chi connectivity index (χ4v) is 6.64. The Balaban J connectivity index is 1.52. The Labute approximate surface area is 355 Å². The zero-order valence-electron chi connectivity index (χ0n) is 35.4. The van der Waals surface area contributed by atoms with E-state index in [1.54, 1.807) is 71.9 Å². The molecule has 328 valence electrons. The van der Waals surface area contributed by atoms with E-state index in [1.165, 1.54) is 0 Å². The number of primary amides is 1. The van der Waals surface area contributed by atoms with E-state index >= 15 is 0 Å². The van der Waals surface area contributed by atoms with Gasteiger partial charge in [-0.05, 0) is 82.2 Å². The molecule has 4 atom stereocenters. The largest absolute Gasteiger partial charge is 0.480 e. The number of hydrogen-bond donors (Lipinski definition) is 6. The summed E-state index contributed by atoms with van der Waals surface area (Å²) in [5.41, 5.74) is 8.53. The van der Waals surface area contributed by atoms with Gasteiger partial charge in [-0.3, -0.25) is 24.0 Å². The average molecular weight is 844 g/mol. The molecule has 4 rings (SSSR count). The fourth-order valence-electron chi connectivity index (χ4n) is 6.64. The summed E-state index contributed by atoms with van der Waals surface area (Å²) in [6, 6.07) is 18.6. The van der Waals surface area contributed by atoms with E-state index < -0.39 is 77.0 Å². The Hall–Kier alpha value is -6.29. The van der Waals surface area contributed by atoms with Crippen LogP contribution < -0.4 is 27.0 Å². The van der Waals surface area contributed by atoms with Crippen molar-refractivity contribution in [2.45, 2.75) is 115 Å². The number of carboxylic acids is 1.